The molecule has 0 aliphatic heterocycles. The monoisotopic (exact) mass is 323 g/mol. The van der Waals surface area contributed by atoms with Gasteiger partial charge in [0.1, 0.15) is 11.6 Å². The Balaban J connectivity index is 2.23. The lowest BCUT2D eigenvalue weighted by molar-refractivity contribution is 0.102. The predicted octanol–water partition coefficient (Wildman–Crippen LogP) is 2.49. The van der Waals surface area contributed by atoms with Crippen molar-refractivity contribution < 1.29 is 22.3 Å². The molecular weight excluding hydrogens is 309 g/mol. The Bertz CT molecular complexity index is 801. The largest absolute Gasteiger partial charge is 0.494 e. The summed E-state index contributed by atoms with van der Waals surface area (Å²) in [6.07, 6.45) is 1.09. The molecule has 116 valence electrons. The summed E-state index contributed by atoms with van der Waals surface area (Å²) in [6.45, 7) is 0. The van der Waals surface area contributed by atoms with Gasteiger partial charge >= 0.3 is 0 Å². The molecule has 0 heterocycles. The van der Waals surface area contributed by atoms with Crippen molar-refractivity contribution in [2.45, 2.75) is 4.90 Å². The van der Waals surface area contributed by atoms with Gasteiger partial charge in [0.05, 0.1) is 17.7 Å². The van der Waals surface area contributed by atoms with Crippen LogP contribution in [0, 0.1) is 5.82 Å². The molecule has 0 unspecified atom stereocenters. The van der Waals surface area contributed by atoms with Crippen molar-refractivity contribution in [1.82, 2.24) is 0 Å². The number of hydrogen-bond acceptors (Lipinski definition) is 4. The molecule has 0 saturated carbocycles. The fourth-order valence-corrected chi connectivity index (χ4v) is 2.45. The number of nitrogens with one attached hydrogen (secondary N) is 1. The lowest BCUT2D eigenvalue weighted by Gasteiger charge is -2.10. The summed E-state index contributed by atoms with van der Waals surface area (Å²) in [5, 5.41) is 2.58. The summed E-state index contributed by atoms with van der Waals surface area (Å²) < 4.78 is 40.8. The van der Waals surface area contributed by atoms with Gasteiger partial charge in [0, 0.05) is 17.9 Å². The number of benzene rings is 2. The van der Waals surface area contributed by atoms with E-state index in [2.05, 4.69) is 5.32 Å². The number of carbonyl (C=O) groups excluding carboxylic acids is 1. The van der Waals surface area contributed by atoms with E-state index in [9.17, 15) is 17.6 Å². The summed E-state index contributed by atoms with van der Waals surface area (Å²) in [6, 6.07) is 9.26. The summed E-state index contributed by atoms with van der Waals surface area (Å²) in [7, 11) is -1.95. The predicted molar refractivity (Wildman–Crippen MR) is 80.5 cm³/mol. The lowest BCUT2D eigenvalue weighted by Crippen LogP contribution is -2.13. The average molecular weight is 323 g/mol. The number of methoxy groups -OCH3 is 1. The normalized spacial score (nSPS) is 11.0. The Hall–Kier alpha value is -2.41. The molecule has 2 aromatic carbocycles. The van der Waals surface area contributed by atoms with E-state index in [1.54, 1.807) is 0 Å². The third kappa shape index (κ3) is 3.62. The zero-order valence-electron chi connectivity index (χ0n) is 12.0. The van der Waals surface area contributed by atoms with Gasteiger partial charge in [0.25, 0.3) is 5.91 Å². The highest BCUT2D eigenvalue weighted by Gasteiger charge is 2.12. The Morgan fingerprint density at radius 3 is 2.32 bits per heavy atom. The number of halogens is 1. The van der Waals surface area contributed by atoms with E-state index in [1.165, 1.54) is 43.5 Å². The lowest BCUT2D eigenvalue weighted by atomic mass is 10.2. The van der Waals surface area contributed by atoms with Gasteiger partial charge in [0.15, 0.2) is 9.84 Å². The quantitative estimate of drug-likeness (QED) is 0.938. The van der Waals surface area contributed by atoms with Gasteiger partial charge < -0.3 is 10.1 Å². The van der Waals surface area contributed by atoms with Crippen LogP contribution in [0.5, 0.6) is 5.75 Å². The van der Waals surface area contributed by atoms with Crippen LogP contribution < -0.4 is 10.1 Å². The van der Waals surface area contributed by atoms with Crippen LogP contribution in [0.4, 0.5) is 10.1 Å². The molecule has 0 radical (unpaired) electrons. The summed E-state index contributed by atoms with van der Waals surface area (Å²) in [5.74, 6) is -0.738. The molecule has 22 heavy (non-hydrogen) atoms. The maximum Gasteiger partial charge on any atom is 0.255 e. The van der Waals surface area contributed by atoms with Gasteiger partial charge in [-0.15, -0.1) is 0 Å². The Kier molecular flexibility index (Phi) is 4.46. The second kappa shape index (κ2) is 6.15. The minimum atomic E-state index is -3.31. The summed E-state index contributed by atoms with van der Waals surface area (Å²) in [5.41, 5.74) is 0.597. The van der Waals surface area contributed by atoms with Gasteiger partial charge in [-0.3, -0.25) is 4.79 Å². The molecule has 0 aromatic heterocycles. The fraction of sp³-hybridized carbons (Fsp3) is 0.133. The zero-order valence-corrected chi connectivity index (χ0v) is 12.8. The van der Waals surface area contributed by atoms with Crippen molar-refractivity contribution >= 4 is 21.4 Å². The molecule has 0 aliphatic rings. The number of carbonyl (C=O) groups is 1. The maximum atomic E-state index is 13.1. The molecule has 0 bridgehead atoms. The molecule has 2 aromatic rings. The first-order chi connectivity index (χ1) is 10.3. The van der Waals surface area contributed by atoms with Crippen molar-refractivity contribution in [3.63, 3.8) is 0 Å². The second-order valence-corrected chi connectivity index (χ2v) is 6.61. The van der Waals surface area contributed by atoms with Gasteiger partial charge in [-0.2, -0.15) is 0 Å². The van der Waals surface area contributed by atoms with E-state index < -0.39 is 21.6 Å². The van der Waals surface area contributed by atoms with Gasteiger partial charge in [-0.25, -0.2) is 12.8 Å². The first-order valence-corrected chi connectivity index (χ1v) is 8.15. The molecule has 7 heteroatoms. The highest BCUT2D eigenvalue weighted by Crippen LogP contribution is 2.25. The molecule has 2 rings (SSSR count). The molecule has 0 aliphatic carbocycles. The molecular formula is C15H14FNO4S. The maximum absolute atomic E-state index is 13.1. The first-order valence-electron chi connectivity index (χ1n) is 6.26. The molecule has 1 amide bonds. The SMILES string of the molecule is COc1cc(F)ccc1NC(=O)c1ccc(S(C)(=O)=O)cc1. The smallest absolute Gasteiger partial charge is 0.255 e. The van der Waals surface area contributed by atoms with E-state index in [1.807, 2.05) is 0 Å². The molecule has 0 fully saturated rings. The number of hydrogen-bond donors (Lipinski definition) is 1. The van der Waals surface area contributed by atoms with Crippen LogP contribution in [-0.4, -0.2) is 27.7 Å². The zero-order chi connectivity index (χ0) is 16.3. The molecule has 5 nitrogen and oxygen atoms in total. The Labute approximate surface area is 127 Å². The molecule has 0 saturated heterocycles. The number of sulfone groups is 1. The van der Waals surface area contributed by atoms with Crippen LogP contribution in [0.3, 0.4) is 0 Å². The van der Waals surface area contributed by atoms with Gasteiger partial charge in [-0.05, 0) is 36.4 Å². The third-order valence-electron chi connectivity index (χ3n) is 2.96. The average Bonchev–Trinajstić information content (AvgIpc) is 2.48. The van der Waals surface area contributed by atoms with Crippen molar-refractivity contribution in [3.05, 3.63) is 53.8 Å². The van der Waals surface area contributed by atoms with E-state index in [-0.39, 0.29) is 16.2 Å². The van der Waals surface area contributed by atoms with Gasteiger partial charge in [-0.1, -0.05) is 0 Å². The number of rotatable bonds is 4. The Morgan fingerprint density at radius 1 is 1.14 bits per heavy atom. The standard InChI is InChI=1S/C15H14FNO4S/c1-21-14-9-11(16)5-8-13(14)17-15(18)10-3-6-12(7-4-10)22(2,19)20/h3-9H,1-2H3,(H,17,18). The number of amides is 1. The summed E-state index contributed by atoms with van der Waals surface area (Å²) in [4.78, 5) is 12.2. The molecule has 0 atom stereocenters. The van der Waals surface area contributed by atoms with Crippen LogP contribution in [0.25, 0.3) is 0 Å². The third-order valence-corrected chi connectivity index (χ3v) is 4.08. The highest BCUT2D eigenvalue weighted by atomic mass is 32.2. The van der Waals surface area contributed by atoms with Gasteiger partial charge in [0.2, 0.25) is 0 Å². The van der Waals surface area contributed by atoms with Crippen LogP contribution in [-0.2, 0) is 9.84 Å². The van der Waals surface area contributed by atoms with Crippen LogP contribution in [0.15, 0.2) is 47.4 Å². The van der Waals surface area contributed by atoms with Crippen molar-refractivity contribution in [2.75, 3.05) is 18.7 Å². The fourth-order valence-electron chi connectivity index (χ4n) is 1.82. The van der Waals surface area contributed by atoms with Crippen LogP contribution in [0.1, 0.15) is 10.4 Å². The van der Waals surface area contributed by atoms with E-state index in [0.717, 1.165) is 12.3 Å². The van der Waals surface area contributed by atoms with E-state index in [4.69, 9.17) is 4.74 Å². The summed E-state index contributed by atoms with van der Waals surface area (Å²) >= 11 is 0. The Morgan fingerprint density at radius 2 is 1.77 bits per heavy atom. The van der Waals surface area contributed by atoms with Crippen molar-refractivity contribution in [3.8, 4) is 5.75 Å². The van der Waals surface area contributed by atoms with Crippen LogP contribution >= 0.6 is 0 Å². The van der Waals surface area contributed by atoms with Crippen LogP contribution in [0.2, 0.25) is 0 Å². The van der Waals surface area contributed by atoms with E-state index in [0.29, 0.717) is 5.69 Å². The minimum Gasteiger partial charge on any atom is -0.494 e. The molecule has 0 spiro atoms. The molecule has 1 N–H and O–H groups in total. The number of anilines is 1. The minimum absolute atomic E-state index is 0.128. The first kappa shape index (κ1) is 16.0. The number of ether oxygens (including phenoxy) is 1. The van der Waals surface area contributed by atoms with Crippen molar-refractivity contribution in [1.29, 1.82) is 0 Å². The second-order valence-electron chi connectivity index (χ2n) is 4.60. The van der Waals surface area contributed by atoms with Crippen molar-refractivity contribution in [2.24, 2.45) is 0 Å². The highest BCUT2D eigenvalue weighted by molar-refractivity contribution is 7.90. The van der Waals surface area contributed by atoms with E-state index >= 15 is 0 Å². The topological polar surface area (TPSA) is 72.5 Å².